The van der Waals surface area contributed by atoms with Gasteiger partial charge in [0.1, 0.15) is 0 Å². The molecule has 0 aliphatic rings. The lowest BCUT2D eigenvalue weighted by atomic mass is 10.1. The Morgan fingerprint density at radius 2 is 2.19 bits per heavy atom. The summed E-state index contributed by atoms with van der Waals surface area (Å²) >= 11 is 0. The first kappa shape index (κ1) is 12.5. The van der Waals surface area contributed by atoms with Gasteiger partial charge in [-0.25, -0.2) is 0 Å². The van der Waals surface area contributed by atoms with Gasteiger partial charge >= 0.3 is 0 Å². The fourth-order valence-corrected chi connectivity index (χ4v) is 1.50. The highest BCUT2D eigenvalue weighted by molar-refractivity contribution is 5.98. The van der Waals surface area contributed by atoms with Crippen LogP contribution in [0.3, 0.4) is 0 Å². The largest absolute Gasteiger partial charge is 0.409 e. The Morgan fingerprint density at radius 1 is 1.44 bits per heavy atom. The van der Waals surface area contributed by atoms with E-state index in [2.05, 4.69) is 17.4 Å². The van der Waals surface area contributed by atoms with E-state index >= 15 is 0 Å². The van der Waals surface area contributed by atoms with Gasteiger partial charge in [0.25, 0.3) is 0 Å². The van der Waals surface area contributed by atoms with Crippen molar-refractivity contribution in [2.75, 3.05) is 6.54 Å². The molecule has 4 heteroatoms. The van der Waals surface area contributed by atoms with E-state index in [1.165, 1.54) is 6.42 Å². The first-order valence-electron chi connectivity index (χ1n) is 5.56. The standard InChI is InChI=1S/C12H19N3O/c1-2-3-8-14-9-10-6-4-5-7-11(10)12(13)15-16/h4-7,14,16H,2-3,8-9H2,1H3,(H2,13,15). The molecule has 1 rings (SSSR count). The van der Waals surface area contributed by atoms with E-state index in [1.807, 2.05) is 24.3 Å². The number of unbranched alkanes of at least 4 members (excludes halogenated alkanes) is 1. The number of nitrogens with two attached hydrogens (primary N) is 1. The highest BCUT2D eigenvalue weighted by Gasteiger charge is 2.05. The van der Waals surface area contributed by atoms with Crippen LogP contribution in [0.15, 0.2) is 29.4 Å². The summed E-state index contributed by atoms with van der Waals surface area (Å²) in [6.07, 6.45) is 2.33. The molecule has 0 amide bonds. The Labute approximate surface area is 96.2 Å². The van der Waals surface area contributed by atoms with Crippen molar-refractivity contribution in [2.24, 2.45) is 10.9 Å². The average Bonchev–Trinajstić information content (AvgIpc) is 2.34. The Morgan fingerprint density at radius 3 is 2.88 bits per heavy atom. The van der Waals surface area contributed by atoms with Crippen LogP contribution in [-0.2, 0) is 6.54 Å². The Balaban J connectivity index is 2.64. The minimum Gasteiger partial charge on any atom is -0.409 e. The van der Waals surface area contributed by atoms with Crippen LogP contribution in [0, 0.1) is 0 Å². The highest BCUT2D eigenvalue weighted by Crippen LogP contribution is 2.08. The molecule has 1 aromatic carbocycles. The number of amidine groups is 1. The molecule has 0 fully saturated rings. The predicted octanol–water partition coefficient (Wildman–Crippen LogP) is 1.67. The van der Waals surface area contributed by atoms with E-state index in [0.717, 1.165) is 30.6 Å². The van der Waals surface area contributed by atoms with Crippen molar-refractivity contribution in [1.82, 2.24) is 5.32 Å². The maximum absolute atomic E-state index is 8.66. The zero-order chi connectivity index (χ0) is 11.8. The number of rotatable bonds is 6. The minimum absolute atomic E-state index is 0.160. The van der Waals surface area contributed by atoms with Crippen LogP contribution in [0.25, 0.3) is 0 Å². The number of nitrogens with zero attached hydrogens (tertiary/aromatic N) is 1. The molecule has 0 bridgehead atoms. The van der Waals surface area contributed by atoms with Crippen molar-refractivity contribution >= 4 is 5.84 Å². The van der Waals surface area contributed by atoms with Crippen LogP contribution in [0.4, 0.5) is 0 Å². The van der Waals surface area contributed by atoms with E-state index in [9.17, 15) is 0 Å². The lowest BCUT2D eigenvalue weighted by molar-refractivity contribution is 0.318. The fourth-order valence-electron chi connectivity index (χ4n) is 1.50. The summed E-state index contributed by atoms with van der Waals surface area (Å²) in [6, 6.07) is 7.66. The van der Waals surface area contributed by atoms with Crippen molar-refractivity contribution in [1.29, 1.82) is 0 Å². The number of benzene rings is 1. The van der Waals surface area contributed by atoms with Gasteiger partial charge in [-0.3, -0.25) is 0 Å². The van der Waals surface area contributed by atoms with Crippen LogP contribution >= 0.6 is 0 Å². The second kappa shape index (κ2) is 6.85. The molecule has 16 heavy (non-hydrogen) atoms. The van der Waals surface area contributed by atoms with Crippen molar-refractivity contribution < 1.29 is 5.21 Å². The van der Waals surface area contributed by atoms with Crippen LogP contribution in [-0.4, -0.2) is 17.6 Å². The summed E-state index contributed by atoms with van der Waals surface area (Å²) in [4.78, 5) is 0. The molecular weight excluding hydrogens is 202 g/mol. The predicted molar refractivity (Wildman–Crippen MR) is 65.6 cm³/mol. The average molecular weight is 221 g/mol. The zero-order valence-electron chi connectivity index (χ0n) is 9.61. The summed E-state index contributed by atoms with van der Waals surface area (Å²) in [5.41, 5.74) is 7.43. The van der Waals surface area contributed by atoms with Crippen LogP contribution in [0.1, 0.15) is 30.9 Å². The molecular formula is C12H19N3O. The quantitative estimate of drug-likeness (QED) is 0.225. The molecule has 0 aromatic heterocycles. The third-order valence-corrected chi connectivity index (χ3v) is 2.42. The van der Waals surface area contributed by atoms with Gasteiger partial charge in [0.05, 0.1) is 0 Å². The van der Waals surface area contributed by atoms with Gasteiger partial charge in [0.2, 0.25) is 0 Å². The Bertz CT molecular complexity index is 350. The molecule has 0 radical (unpaired) electrons. The summed E-state index contributed by atoms with van der Waals surface area (Å²) < 4.78 is 0. The summed E-state index contributed by atoms with van der Waals surface area (Å²) in [5.74, 6) is 0.160. The van der Waals surface area contributed by atoms with E-state index in [0.29, 0.717) is 0 Å². The second-order valence-corrected chi connectivity index (χ2v) is 3.67. The van der Waals surface area contributed by atoms with Gasteiger partial charge in [-0.15, -0.1) is 0 Å². The molecule has 0 heterocycles. The van der Waals surface area contributed by atoms with Crippen molar-refractivity contribution in [2.45, 2.75) is 26.3 Å². The molecule has 0 saturated heterocycles. The van der Waals surface area contributed by atoms with Crippen molar-refractivity contribution in [3.8, 4) is 0 Å². The first-order valence-corrected chi connectivity index (χ1v) is 5.56. The van der Waals surface area contributed by atoms with Gasteiger partial charge in [0, 0.05) is 12.1 Å². The number of nitrogens with one attached hydrogen (secondary N) is 1. The third-order valence-electron chi connectivity index (χ3n) is 2.42. The highest BCUT2D eigenvalue weighted by atomic mass is 16.4. The molecule has 4 N–H and O–H groups in total. The van der Waals surface area contributed by atoms with Gasteiger partial charge in [0.15, 0.2) is 5.84 Å². The van der Waals surface area contributed by atoms with Crippen LogP contribution in [0.5, 0.6) is 0 Å². The van der Waals surface area contributed by atoms with Crippen LogP contribution < -0.4 is 11.1 Å². The molecule has 4 nitrogen and oxygen atoms in total. The van der Waals surface area contributed by atoms with Gasteiger partial charge in [-0.05, 0) is 18.5 Å². The smallest absolute Gasteiger partial charge is 0.170 e. The van der Waals surface area contributed by atoms with Crippen LogP contribution in [0.2, 0.25) is 0 Å². The molecule has 0 unspecified atom stereocenters. The zero-order valence-corrected chi connectivity index (χ0v) is 9.61. The minimum atomic E-state index is 0.160. The number of oxime groups is 1. The first-order chi connectivity index (χ1) is 7.79. The topological polar surface area (TPSA) is 70.6 Å². The molecule has 0 spiro atoms. The van der Waals surface area contributed by atoms with Crippen molar-refractivity contribution in [3.05, 3.63) is 35.4 Å². The summed E-state index contributed by atoms with van der Waals surface area (Å²) in [6.45, 7) is 3.89. The molecule has 0 saturated carbocycles. The third kappa shape index (κ3) is 3.55. The maximum atomic E-state index is 8.66. The summed E-state index contributed by atoms with van der Waals surface area (Å²) in [7, 11) is 0. The Hall–Kier alpha value is -1.55. The molecule has 0 aliphatic heterocycles. The second-order valence-electron chi connectivity index (χ2n) is 3.67. The van der Waals surface area contributed by atoms with Crippen molar-refractivity contribution in [3.63, 3.8) is 0 Å². The number of hydrogen-bond acceptors (Lipinski definition) is 3. The molecule has 0 aliphatic carbocycles. The SMILES string of the molecule is CCCCNCc1ccccc1C(N)=NO. The van der Waals surface area contributed by atoms with E-state index in [4.69, 9.17) is 10.9 Å². The van der Waals surface area contributed by atoms with Gasteiger partial charge in [-0.1, -0.05) is 42.8 Å². The van der Waals surface area contributed by atoms with Gasteiger partial charge < -0.3 is 16.3 Å². The lowest BCUT2D eigenvalue weighted by Crippen LogP contribution is -2.20. The maximum Gasteiger partial charge on any atom is 0.170 e. The fraction of sp³-hybridized carbons (Fsp3) is 0.417. The monoisotopic (exact) mass is 221 g/mol. The van der Waals surface area contributed by atoms with E-state index in [-0.39, 0.29) is 5.84 Å². The van der Waals surface area contributed by atoms with Gasteiger partial charge in [-0.2, -0.15) is 0 Å². The molecule has 0 atom stereocenters. The molecule has 1 aromatic rings. The summed E-state index contributed by atoms with van der Waals surface area (Å²) in [5, 5.41) is 15.0. The number of hydrogen-bond donors (Lipinski definition) is 3. The van der Waals surface area contributed by atoms with E-state index in [1.54, 1.807) is 0 Å². The lowest BCUT2D eigenvalue weighted by Gasteiger charge is -2.08. The molecule has 88 valence electrons. The normalized spacial score (nSPS) is 11.7. The Kier molecular flexibility index (Phi) is 5.36. The van der Waals surface area contributed by atoms with E-state index < -0.39 is 0 Å².